The van der Waals surface area contributed by atoms with Gasteiger partial charge in [-0.25, -0.2) is 14.6 Å². The van der Waals surface area contributed by atoms with Crippen LogP contribution in [0.15, 0.2) is 12.3 Å². The number of ether oxygens (including phenoxy) is 2. The van der Waals surface area contributed by atoms with Gasteiger partial charge in [-0.2, -0.15) is 13.2 Å². The molecule has 1 saturated heterocycles. The fourth-order valence-electron chi connectivity index (χ4n) is 2.85. The summed E-state index contributed by atoms with van der Waals surface area (Å²) in [6, 6.07) is -0.353. The predicted molar refractivity (Wildman–Crippen MR) is 95.1 cm³/mol. The van der Waals surface area contributed by atoms with E-state index in [4.69, 9.17) is 21.1 Å². The summed E-state index contributed by atoms with van der Waals surface area (Å²) in [4.78, 5) is 31.5. The molecular formula is C17H21ClF3N3O4. The van der Waals surface area contributed by atoms with Crippen LogP contribution in [0.3, 0.4) is 0 Å². The lowest BCUT2D eigenvalue weighted by molar-refractivity contribution is -0.163. The van der Waals surface area contributed by atoms with Crippen molar-refractivity contribution in [3.63, 3.8) is 0 Å². The maximum absolute atomic E-state index is 12.8. The number of hydrogen-bond acceptors (Lipinski definition) is 7. The molecule has 2 rings (SSSR count). The number of carbonyl (C=O) groups excluding carboxylic acids is 2. The number of halogens is 4. The Morgan fingerprint density at radius 1 is 1.14 bits per heavy atom. The molecule has 11 heteroatoms. The van der Waals surface area contributed by atoms with Crippen LogP contribution in [0.2, 0.25) is 5.02 Å². The van der Waals surface area contributed by atoms with Gasteiger partial charge in [-0.05, 0) is 19.9 Å². The highest BCUT2D eigenvalue weighted by atomic mass is 35.5. The summed E-state index contributed by atoms with van der Waals surface area (Å²) in [7, 11) is 0. The first kappa shape index (κ1) is 22.2. The molecule has 2 heterocycles. The van der Waals surface area contributed by atoms with Gasteiger partial charge in [0.15, 0.2) is 0 Å². The molecular weight excluding hydrogens is 403 g/mol. The zero-order chi connectivity index (χ0) is 20.9. The average Bonchev–Trinajstić information content (AvgIpc) is 2.62. The molecule has 156 valence electrons. The monoisotopic (exact) mass is 423 g/mol. The summed E-state index contributed by atoms with van der Waals surface area (Å²) < 4.78 is 48.2. The number of pyridine rings is 1. The minimum Gasteiger partial charge on any atom is -0.464 e. The van der Waals surface area contributed by atoms with E-state index >= 15 is 0 Å². The summed E-state index contributed by atoms with van der Waals surface area (Å²) in [6.45, 7) is 4.70. The molecule has 7 nitrogen and oxygen atoms in total. The molecule has 0 unspecified atom stereocenters. The van der Waals surface area contributed by atoms with E-state index in [1.54, 1.807) is 23.6 Å². The average molecular weight is 424 g/mol. The van der Waals surface area contributed by atoms with Crippen LogP contribution in [0.5, 0.6) is 0 Å². The zero-order valence-corrected chi connectivity index (χ0v) is 16.2. The van der Waals surface area contributed by atoms with E-state index in [2.05, 4.69) is 4.98 Å². The van der Waals surface area contributed by atoms with Gasteiger partial charge in [-0.15, -0.1) is 0 Å². The van der Waals surface area contributed by atoms with E-state index in [1.165, 1.54) is 0 Å². The van der Waals surface area contributed by atoms with Crippen molar-refractivity contribution in [2.75, 3.05) is 44.3 Å². The fourth-order valence-corrected chi connectivity index (χ4v) is 3.13. The smallest absolute Gasteiger partial charge is 0.417 e. The second-order valence-electron chi connectivity index (χ2n) is 5.96. The molecule has 0 aromatic carbocycles. The Balaban J connectivity index is 2.10. The minimum atomic E-state index is -4.53. The van der Waals surface area contributed by atoms with Gasteiger partial charge >= 0.3 is 18.1 Å². The molecule has 0 amide bonds. The van der Waals surface area contributed by atoms with Crippen LogP contribution < -0.4 is 4.90 Å². The van der Waals surface area contributed by atoms with Crippen LogP contribution >= 0.6 is 11.6 Å². The van der Waals surface area contributed by atoms with Crippen molar-refractivity contribution >= 4 is 29.4 Å². The second-order valence-corrected chi connectivity index (χ2v) is 6.36. The lowest BCUT2D eigenvalue weighted by Crippen LogP contribution is -2.56. The van der Waals surface area contributed by atoms with Gasteiger partial charge in [0.1, 0.15) is 5.82 Å². The summed E-state index contributed by atoms with van der Waals surface area (Å²) in [5.74, 6) is -1.17. The third-order valence-electron chi connectivity index (χ3n) is 4.15. The molecule has 1 aliphatic heterocycles. The van der Waals surface area contributed by atoms with Gasteiger partial charge in [-0.3, -0.25) is 4.90 Å². The molecule has 0 radical (unpaired) electrons. The number of piperazine rings is 1. The van der Waals surface area contributed by atoms with Crippen LogP contribution in [-0.2, 0) is 25.2 Å². The number of esters is 2. The minimum absolute atomic E-state index is 0.115. The van der Waals surface area contributed by atoms with Crippen LogP contribution in [-0.4, -0.2) is 67.3 Å². The lowest BCUT2D eigenvalue weighted by atomic mass is 10.2. The van der Waals surface area contributed by atoms with E-state index in [0.717, 1.165) is 12.3 Å². The number of rotatable bonds is 6. The standard InChI is InChI=1S/C17H21ClF3N3O4/c1-3-27-15(25)13(16(26)28-4-2)23-5-7-24(8-6-23)14-12(18)9-11(10-22-14)17(19,20)21/h9-10,13H,3-8H2,1-2H3. The third-order valence-corrected chi connectivity index (χ3v) is 4.43. The Kier molecular flexibility index (Phi) is 7.48. The largest absolute Gasteiger partial charge is 0.464 e. The van der Waals surface area contributed by atoms with Crippen LogP contribution in [0.1, 0.15) is 19.4 Å². The third kappa shape index (κ3) is 5.26. The summed E-state index contributed by atoms with van der Waals surface area (Å²) >= 11 is 5.99. The van der Waals surface area contributed by atoms with Crippen molar-refractivity contribution in [1.29, 1.82) is 0 Å². The van der Waals surface area contributed by atoms with Crippen molar-refractivity contribution in [3.8, 4) is 0 Å². The second kappa shape index (κ2) is 9.42. The molecule has 1 fully saturated rings. The molecule has 0 spiro atoms. The summed E-state index contributed by atoms with van der Waals surface area (Å²) in [5.41, 5.74) is -0.926. The number of nitrogens with zero attached hydrogens (tertiary/aromatic N) is 3. The van der Waals surface area contributed by atoms with Crippen molar-refractivity contribution in [3.05, 3.63) is 22.8 Å². The maximum Gasteiger partial charge on any atom is 0.417 e. The maximum atomic E-state index is 12.8. The van der Waals surface area contributed by atoms with E-state index in [1.807, 2.05) is 0 Å². The van der Waals surface area contributed by atoms with Crippen molar-refractivity contribution < 1.29 is 32.2 Å². The molecule has 0 saturated carbocycles. The molecule has 28 heavy (non-hydrogen) atoms. The zero-order valence-electron chi connectivity index (χ0n) is 15.5. The Hall–Kier alpha value is -2.07. The van der Waals surface area contributed by atoms with Crippen LogP contribution in [0.25, 0.3) is 0 Å². The molecule has 0 atom stereocenters. The molecule has 1 aliphatic rings. The first-order valence-corrected chi connectivity index (χ1v) is 9.11. The van der Waals surface area contributed by atoms with Crippen LogP contribution in [0, 0.1) is 0 Å². The van der Waals surface area contributed by atoms with E-state index < -0.39 is 29.7 Å². The van der Waals surface area contributed by atoms with Gasteiger partial charge in [-0.1, -0.05) is 11.6 Å². The topological polar surface area (TPSA) is 72.0 Å². The highest BCUT2D eigenvalue weighted by molar-refractivity contribution is 6.33. The van der Waals surface area contributed by atoms with Gasteiger partial charge < -0.3 is 14.4 Å². The Bertz CT molecular complexity index is 691. The van der Waals surface area contributed by atoms with Crippen molar-refractivity contribution in [2.45, 2.75) is 26.1 Å². The fraction of sp³-hybridized carbons (Fsp3) is 0.588. The summed E-state index contributed by atoms with van der Waals surface area (Å²) in [6.07, 6.45) is -3.80. The van der Waals surface area contributed by atoms with E-state index in [-0.39, 0.29) is 37.1 Å². The van der Waals surface area contributed by atoms with Gasteiger partial charge in [0.2, 0.25) is 6.04 Å². The van der Waals surface area contributed by atoms with E-state index in [9.17, 15) is 22.8 Å². The first-order valence-electron chi connectivity index (χ1n) is 8.74. The first-order chi connectivity index (χ1) is 13.2. The predicted octanol–water partition coefficient (Wildman–Crippen LogP) is 2.37. The van der Waals surface area contributed by atoms with Gasteiger partial charge in [0.05, 0.1) is 23.8 Å². The quantitative estimate of drug-likeness (QED) is 0.514. The Morgan fingerprint density at radius 3 is 2.11 bits per heavy atom. The number of aromatic nitrogens is 1. The number of alkyl halides is 3. The van der Waals surface area contributed by atoms with Crippen molar-refractivity contribution in [1.82, 2.24) is 9.88 Å². The Morgan fingerprint density at radius 2 is 1.68 bits per heavy atom. The van der Waals surface area contributed by atoms with Gasteiger partial charge in [0.25, 0.3) is 0 Å². The SMILES string of the molecule is CCOC(=O)C(C(=O)OCC)N1CCN(c2ncc(C(F)(F)F)cc2Cl)CC1. The normalized spacial score (nSPS) is 15.6. The van der Waals surface area contributed by atoms with E-state index in [0.29, 0.717) is 13.1 Å². The van der Waals surface area contributed by atoms with Gasteiger partial charge in [0, 0.05) is 32.4 Å². The molecule has 0 N–H and O–H groups in total. The highest BCUT2D eigenvalue weighted by Crippen LogP contribution is 2.33. The number of anilines is 1. The summed E-state index contributed by atoms with van der Waals surface area (Å²) in [5, 5.41) is -0.115. The van der Waals surface area contributed by atoms with Crippen LogP contribution in [0.4, 0.5) is 19.0 Å². The molecule has 1 aromatic rings. The number of hydrogen-bond donors (Lipinski definition) is 0. The Labute approximate surface area is 165 Å². The molecule has 1 aromatic heterocycles. The number of carbonyl (C=O) groups is 2. The lowest BCUT2D eigenvalue weighted by Gasteiger charge is -2.38. The highest BCUT2D eigenvalue weighted by Gasteiger charge is 2.38. The molecule has 0 aliphatic carbocycles. The molecule has 0 bridgehead atoms. The van der Waals surface area contributed by atoms with Crippen molar-refractivity contribution in [2.24, 2.45) is 0 Å².